The van der Waals surface area contributed by atoms with Crippen LogP contribution in [-0.2, 0) is 22.8 Å². The van der Waals surface area contributed by atoms with Crippen LogP contribution in [0.25, 0.3) is 11.0 Å². The molecule has 3 aromatic rings. The van der Waals surface area contributed by atoms with E-state index in [-0.39, 0.29) is 41.6 Å². The van der Waals surface area contributed by atoms with E-state index in [1.54, 1.807) is 11.0 Å². The van der Waals surface area contributed by atoms with Crippen LogP contribution in [-0.4, -0.2) is 52.8 Å². The third-order valence-corrected chi connectivity index (χ3v) is 7.37. The van der Waals surface area contributed by atoms with E-state index >= 15 is 0 Å². The van der Waals surface area contributed by atoms with E-state index in [1.165, 1.54) is 19.2 Å². The van der Waals surface area contributed by atoms with Crippen molar-refractivity contribution in [3.63, 3.8) is 0 Å². The number of nitrogens with one attached hydrogen (secondary N) is 1. The molecule has 1 aromatic carbocycles. The minimum absolute atomic E-state index is 0.0415. The molecule has 0 spiro atoms. The molecule has 1 aliphatic rings. The van der Waals surface area contributed by atoms with Crippen LogP contribution in [0.1, 0.15) is 24.1 Å². The predicted molar refractivity (Wildman–Crippen MR) is 125 cm³/mol. The summed E-state index contributed by atoms with van der Waals surface area (Å²) in [6, 6.07) is 3.83. The van der Waals surface area contributed by atoms with Gasteiger partial charge in [0.25, 0.3) is 5.92 Å². The molecule has 0 unspecified atom stereocenters. The zero-order valence-electron chi connectivity index (χ0n) is 18.8. The number of benzene rings is 1. The number of alkyl halides is 2. The topological polar surface area (TPSA) is 110 Å². The summed E-state index contributed by atoms with van der Waals surface area (Å²) in [6.07, 6.45) is 5.59. The van der Waals surface area contributed by atoms with Crippen LogP contribution in [0.2, 0.25) is 0 Å². The third kappa shape index (κ3) is 4.79. The van der Waals surface area contributed by atoms with E-state index < -0.39 is 38.9 Å². The normalized spacial score (nSPS) is 16.6. The highest BCUT2D eigenvalue weighted by molar-refractivity contribution is 7.91. The van der Waals surface area contributed by atoms with Gasteiger partial charge in [0.05, 0.1) is 22.5 Å². The van der Waals surface area contributed by atoms with Crippen molar-refractivity contribution in [2.24, 2.45) is 7.05 Å². The Kier molecular flexibility index (Phi) is 6.18. The average molecular weight is 507 g/mol. The van der Waals surface area contributed by atoms with Gasteiger partial charge in [0.1, 0.15) is 17.7 Å². The second-order valence-corrected chi connectivity index (χ2v) is 10.5. The van der Waals surface area contributed by atoms with Crippen LogP contribution in [0.4, 0.5) is 24.8 Å². The maximum absolute atomic E-state index is 15.0. The lowest BCUT2D eigenvalue weighted by atomic mass is 10.00. The van der Waals surface area contributed by atoms with Gasteiger partial charge in [-0.2, -0.15) is 4.98 Å². The largest absolute Gasteiger partial charge is 0.353 e. The van der Waals surface area contributed by atoms with Gasteiger partial charge >= 0.3 is 5.69 Å². The van der Waals surface area contributed by atoms with Gasteiger partial charge < -0.3 is 10.2 Å². The van der Waals surface area contributed by atoms with E-state index in [2.05, 4.69) is 26.4 Å². The molecule has 3 heterocycles. The molecule has 2 aromatic heterocycles. The van der Waals surface area contributed by atoms with Crippen LogP contribution < -0.4 is 15.9 Å². The summed E-state index contributed by atoms with van der Waals surface area (Å²) in [5.74, 6) is -2.06. The van der Waals surface area contributed by atoms with Crippen molar-refractivity contribution in [1.82, 2.24) is 19.7 Å². The molecule has 1 fully saturated rings. The maximum Gasteiger partial charge on any atom is 0.350 e. The molecule has 184 valence electrons. The van der Waals surface area contributed by atoms with E-state index in [9.17, 15) is 26.4 Å². The Morgan fingerprint density at radius 1 is 1.23 bits per heavy atom. The zero-order chi connectivity index (χ0) is 25.5. The Balaban J connectivity index is 1.78. The summed E-state index contributed by atoms with van der Waals surface area (Å²) in [6.45, 7) is 0.997. The number of terminal acetylenes is 1. The van der Waals surface area contributed by atoms with Gasteiger partial charge in [0.2, 0.25) is 0 Å². The van der Waals surface area contributed by atoms with E-state index in [4.69, 9.17) is 6.42 Å². The number of aromatic nitrogens is 4. The van der Waals surface area contributed by atoms with Gasteiger partial charge in [-0.1, -0.05) is 24.1 Å². The monoisotopic (exact) mass is 506 g/mol. The fourth-order valence-corrected chi connectivity index (χ4v) is 4.98. The molecule has 13 heteroatoms. The van der Waals surface area contributed by atoms with Gasteiger partial charge in [-0.3, -0.25) is 4.57 Å². The first-order valence-corrected chi connectivity index (χ1v) is 12.3. The summed E-state index contributed by atoms with van der Waals surface area (Å²) in [7, 11) is -1.69. The summed E-state index contributed by atoms with van der Waals surface area (Å²) >= 11 is 0. The lowest BCUT2D eigenvalue weighted by Crippen LogP contribution is -2.40. The van der Waals surface area contributed by atoms with Crippen molar-refractivity contribution in [3.8, 4) is 12.3 Å². The number of aryl methyl sites for hydroxylation is 1. The second-order valence-electron chi connectivity index (χ2n) is 8.22. The standard InChI is InChI=1S/C22H21F3N6O3S/c1-4-16(13-6-5-7-15(18(13)23)22(2,24)25)26-19-14-12-17(31-8-10-35(33,34)11-9-31)28-29-20(14)30(3)21(32)27-19/h1,5-7,12,16H,8-11H2,2-3H3,(H,26,27,32)/t16-/m1/s1. The molecule has 1 N–H and O–H groups in total. The fraction of sp³-hybridized carbons (Fsp3) is 0.364. The molecule has 9 nitrogen and oxygen atoms in total. The lowest BCUT2D eigenvalue weighted by Gasteiger charge is -2.27. The highest BCUT2D eigenvalue weighted by Crippen LogP contribution is 2.33. The molecule has 0 aliphatic carbocycles. The van der Waals surface area contributed by atoms with Crippen molar-refractivity contribution in [3.05, 3.63) is 51.7 Å². The first-order chi connectivity index (χ1) is 16.4. The molecular weight excluding hydrogens is 485 g/mol. The van der Waals surface area contributed by atoms with Crippen molar-refractivity contribution in [1.29, 1.82) is 0 Å². The number of hydrogen-bond donors (Lipinski definition) is 1. The number of hydrogen-bond acceptors (Lipinski definition) is 8. The van der Waals surface area contributed by atoms with Crippen LogP contribution in [0, 0.1) is 18.2 Å². The van der Waals surface area contributed by atoms with Gasteiger partial charge in [0, 0.05) is 32.6 Å². The highest BCUT2D eigenvalue weighted by atomic mass is 32.2. The number of halogens is 3. The van der Waals surface area contributed by atoms with Crippen LogP contribution in [0.5, 0.6) is 0 Å². The highest BCUT2D eigenvalue weighted by Gasteiger charge is 2.31. The quantitative estimate of drug-likeness (QED) is 0.524. The number of rotatable bonds is 5. The Labute approximate surface area is 198 Å². The SMILES string of the molecule is C#C[C@@H](Nc1nc(=O)n(C)c2nnc(N3CCS(=O)(=O)CC3)cc12)c1cccc(C(C)(F)F)c1F. The number of sulfone groups is 1. The number of fused-ring (bicyclic) bond motifs is 1. The van der Waals surface area contributed by atoms with Crippen molar-refractivity contribution >= 4 is 32.5 Å². The zero-order valence-corrected chi connectivity index (χ0v) is 19.6. The summed E-state index contributed by atoms with van der Waals surface area (Å²) in [4.78, 5) is 18.1. The molecule has 35 heavy (non-hydrogen) atoms. The summed E-state index contributed by atoms with van der Waals surface area (Å²) < 4.78 is 67.3. The lowest BCUT2D eigenvalue weighted by molar-refractivity contribution is 0.0136. The first kappa shape index (κ1) is 24.5. The summed E-state index contributed by atoms with van der Waals surface area (Å²) in [5, 5.41) is 11.3. The minimum Gasteiger partial charge on any atom is -0.353 e. The molecule has 1 atom stereocenters. The number of nitrogens with zero attached hydrogens (tertiary/aromatic N) is 5. The molecule has 0 amide bonds. The maximum atomic E-state index is 15.0. The van der Waals surface area contributed by atoms with Crippen LogP contribution in [0.15, 0.2) is 29.1 Å². The molecule has 1 aliphatic heterocycles. The Bertz CT molecular complexity index is 1500. The fourth-order valence-electron chi connectivity index (χ4n) is 3.78. The van der Waals surface area contributed by atoms with Gasteiger partial charge in [-0.25, -0.2) is 26.4 Å². The third-order valence-electron chi connectivity index (χ3n) is 5.76. The number of anilines is 2. The van der Waals surface area contributed by atoms with Gasteiger partial charge in [0.15, 0.2) is 21.3 Å². The van der Waals surface area contributed by atoms with E-state index in [1.807, 2.05) is 0 Å². The van der Waals surface area contributed by atoms with Crippen molar-refractivity contribution < 1.29 is 21.6 Å². The molecular formula is C22H21F3N6O3S. The second kappa shape index (κ2) is 8.84. The predicted octanol–water partition coefficient (Wildman–Crippen LogP) is 2.00. The Hall–Kier alpha value is -3.66. The van der Waals surface area contributed by atoms with Crippen LogP contribution >= 0.6 is 0 Å². The first-order valence-electron chi connectivity index (χ1n) is 10.5. The van der Waals surface area contributed by atoms with Crippen molar-refractivity contribution in [2.45, 2.75) is 18.9 Å². The average Bonchev–Trinajstić information content (AvgIpc) is 2.80. The molecule has 0 saturated carbocycles. The molecule has 4 rings (SSSR count). The smallest absolute Gasteiger partial charge is 0.350 e. The minimum atomic E-state index is -3.43. The molecule has 0 radical (unpaired) electrons. The van der Waals surface area contributed by atoms with Gasteiger partial charge in [-0.05, 0) is 6.07 Å². The summed E-state index contributed by atoms with van der Waals surface area (Å²) in [5.41, 5.74) is -1.58. The Morgan fingerprint density at radius 2 is 1.91 bits per heavy atom. The molecule has 1 saturated heterocycles. The van der Waals surface area contributed by atoms with E-state index in [0.29, 0.717) is 18.1 Å². The Morgan fingerprint density at radius 3 is 2.54 bits per heavy atom. The van der Waals surface area contributed by atoms with Gasteiger partial charge in [-0.15, -0.1) is 16.6 Å². The molecule has 0 bridgehead atoms. The van der Waals surface area contributed by atoms with Crippen molar-refractivity contribution in [2.75, 3.05) is 34.8 Å². The van der Waals surface area contributed by atoms with E-state index in [0.717, 1.165) is 10.6 Å². The van der Waals surface area contributed by atoms with Crippen LogP contribution in [0.3, 0.4) is 0 Å².